The fourth-order valence-electron chi connectivity index (χ4n) is 2.25. The third kappa shape index (κ3) is 4.81. The molecule has 2 rings (SSSR count). The molecule has 0 saturated heterocycles. The molecule has 0 bridgehead atoms. The lowest BCUT2D eigenvalue weighted by Gasteiger charge is -2.17. The lowest BCUT2D eigenvalue weighted by atomic mass is 9.77. The van der Waals surface area contributed by atoms with Crippen LogP contribution < -0.4 is 4.72 Å². The third-order valence-electron chi connectivity index (χ3n) is 3.49. The molecule has 24 heavy (non-hydrogen) atoms. The van der Waals surface area contributed by atoms with E-state index in [1.54, 1.807) is 24.3 Å². The van der Waals surface area contributed by atoms with E-state index in [4.69, 9.17) is 4.42 Å². The first-order chi connectivity index (χ1) is 11.3. The molecule has 0 fully saturated rings. The fraction of sp³-hybridized carbons (Fsp3) is 0.357. The van der Waals surface area contributed by atoms with Crippen LogP contribution in [-0.2, 0) is 26.0 Å². The molecule has 1 aromatic heterocycles. The third-order valence-corrected chi connectivity index (χ3v) is 4.90. The number of furan rings is 1. The van der Waals surface area contributed by atoms with Crippen LogP contribution >= 0.6 is 0 Å². The molecule has 1 unspecified atom stereocenters. The summed E-state index contributed by atoms with van der Waals surface area (Å²) in [7, 11) is -4.64. The van der Waals surface area contributed by atoms with E-state index in [1.165, 1.54) is 6.26 Å². The van der Waals surface area contributed by atoms with Crippen molar-refractivity contribution in [3.8, 4) is 0 Å². The van der Waals surface area contributed by atoms with Crippen LogP contribution in [0.4, 0.5) is 0 Å². The highest BCUT2D eigenvalue weighted by Crippen LogP contribution is 2.22. The predicted molar refractivity (Wildman–Crippen MR) is 87.5 cm³/mol. The summed E-state index contributed by atoms with van der Waals surface area (Å²) >= 11 is 0. The quantitative estimate of drug-likeness (QED) is 0.444. The van der Waals surface area contributed by atoms with Crippen LogP contribution in [0.3, 0.4) is 0 Å². The van der Waals surface area contributed by atoms with Crippen molar-refractivity contribution >= 4 is 34.1 Å². The largest absolute Gasteiger partial charge is 0.471 e. The van der Waals surface area contributed by atoms with Crippen LogP contribution in [0.2, 0.25) is 0 Å². The molecule has 0 aliphatic rings. The van der Waals surface area contributed by atoms with Crippen molar-refractivity contribution in [2.24, 2.45) is 0 Å². The Morgan fingerprint density at radius 2 is 2.08 bits per heavy atom. The van der Waals surface area contributed by atoms with Gasteiger partial charge in [-0.1, -0.05) is 18.2 Å². The van der Waals surface area contributed by atoms with Gasteiger partial charge in [0.05, 0.1) is 31.5 Å². The zero-order chi connectivity index (χ0) is 17.7. The highest BCUT2D eigenvalue weighted by molar-refractivity contribution is 7.89. The van der Waals surface area contributed by atoms with Crippen LogP contribution in [0.15, 0.2) is 34.9 Å². The highest BCUT2D eigenvalue weighted by atomic mass is 32.2. The fourth-order valence-corrected chi connectivity index (χ4v) is 3.46. The molecule has 3 N–H and O–H groups in total. The predicted octanol–water partition coefficient (Wildman–Crippen LogP) is -0.162. The van der Waals surface area contributed by atoms with Crippen molar-refractivity contribution in [1.29, 1.82) is 0 Å². The number of hydrogen-bond acceptors (Lipinski definition) is 7. The highest BCUT2D eigenvalue weighted by Gasteiger charge is 2.29. The van der Waals surface area contributed by atoms with Crippen LogP contribution in [0.5, 0.6) is 0 Å². The molecule has 1 atom stereocenters. The number of sulfonamides is 1. The zero-order valence-electron chi connectivity index (χ0n) is 13.0. The number of methoxy groups -OCH3 is 1. The average Bonchev–Trinajstić information content (AvgIpc) is 2.95. The maximum Gasteiger partial charge on any atom is 0.471 e. The Morgan fingerprint density at radius 3 is 2.75 bits per heavy atom. The van der Waals surface area contributed by atoms with Gasteiger partial charge >= 0.3 is 13.1 Å². The van der Waals surface area contributed by atoms with Gasteiger partial charge in [0.2, 0.25) is 10.0 Å². The summed E-state index contributed by atoms with van der Waals surface area (Å²) in [6, 6.07) is 7.14. The second-order valence-electron chi connectivity index (χ2n) is 5.24. The van der Waals surface area contributed by atoms with Crippen molar-refractivity contribution in [3.05, 3.63) is 36.1 Å². The number of nitrogens with one attached hydrogen (secondary N) is 1. The van der Waals surface area contributed by atoms with Gasteiger partial charge in [-0.15, -0.1) is 0 Å². The first-order valence-electron chi connectivity index (χ1n) is 7.20. The monoisotopic (exact) mass is 355 g/mol. The smallest absolute Gasteiger partial charge is 0.469 e. The van der Waals surface area contributed by atoms with Crippen LogP contribution in [0, 0.1) is 0 Å². The number of carbonyl (C=O) groups is 1. The molecule has 0 saturated carbocycles. The lowest BCUT2D eigenvalue weighted by molar-refractivity contribution is -0.140. The maximum absolute atomic E-state index is 12.0. The van der Waals surface area contributed by atoms with Gasteiger partial charge < -0.3 is 19.2 Å². The summed E-state index contributed by atoms with van der Waals surface area (Å²) in [5.74, 6) is -2.34. The summed E-state index contributed by atoms with van der Waals surface area (Å²) in [5.41, 5.74) is 1.26. The van der Waals surface area contributed by atoms with Gasteiger partial charge in [-0.25, -0.2) is 13.1 Å². The van der Waals surface area contributed by atoms with Gasteiger partial charge in [0.15, 0.2) is 0 Å². The minimum atomic E-state index is -3.89. The number of ether oxygens (including phenoxy) is 1. The van der Waals surface area contributed by atoms with E-state index in [1.807, 2.05) is 0 Å². The summed E-state index contributed by atoms with van der Waals surface area (Å²) < 4.78 is 35.9. The summed E-state index contributed by atoms with van der Waals surface area (Å²) in [6.45, 7) is 0. The molecule has 0 aliphatic carbocycles. The number of fused-ring (bicyclic) bond motifs is 1. The molecule has 8 nitrogen and oxygen atoms in total. The van der Waals surface area contributed by atoms with Gasteiger partial charge in [-0.2, -0.15) is 0 Å². The molecular weight excluding hydrogens is 337 g/mol. The van der Waals surface area contributed by atoms with E-state index in [-0.39, 0.29) is 12.8 Å². The molecule has 0 spiro atoms. The summed E-state index contributed by atoms with van der Waals surface area (Å²) in [5, 5.41) is 19.7. The zero-order valence-corrected chi connectivity index (χ0v) is 13.8. The average molecular weight is 355 g/mol. The normalized spacial score (nSPS) is 13.0. The molecule has 0 amide bonds. The Labute approximate surface area is 139 Å². The number of hydrogen-bond donors (Lipinski definition) is 3. The molecule has 1 aromatic carbocycles. The van der Waals surface area contributed by atoms with Crippen molar-refractivity contribution in [2.75, 3.05) is 12.9 Å². The van der Waals surface area contributed by atoms with Gasteiger partial charge in [0.25, 0.3) is 0 Å². The van der Waals surface area contributed by atoms with Gasteiger partial charge in [0.1, 0.15) is 5.58 Å². The van der Waals surface area contributed by atoms with Crippen molar-refractivity contribution in [1.82, 2.24) is 4.72 Å². The Morgan fingerprint density at radius 1 is 1.38 bits per heavy atom. The maximum atomic E-state index is 12.0. The van der Waals surface area contributed by atoms with Crippen molar-refractivity contribution < 1.29 is 32.4 Å². The van der Waals surface area contributed by atoms with Crippen LogP contribution in [0.25, 0.3) is 11.0 Å². The standard InChI is InChI=1S/C14H18BNO7S/c1-22-14(17)6-7-24(20,21)16-13(15(18)19)8-10-9-23-12-5-3-2-4-11(10)12/h2-5,9,13,16,18-19H,6-8H2,1H3. The van der Waals surface area contributed by atoms with E-state index in [9.17, 15) is 23.3 Å². The summed E-state index contributed by atoms with van der Waals surface area (Å²) in [6.07, 6.45) is 1.14. The molecule has 0 aliphatic heterocycles. The van der Waals surface area contributed by atoms with E-state index >= 15 is 0 Å². The lowest BCUT2D eigenvalue weighted by Crippen LogP contribution is -2.48. The molecule has 10 heteroatoms. The van der Waals surface area contributed by atoms with Gasteiger partial charge in [-0.05, 0) is 18.1 Å². The van der Waals surface area contributed by atoms with Gasteiger partial charge in [-0.3, -0.25) is 4.79 Å². The van der Waals surface area contributed by atoms with E-state index in [0.29, 0.717) is 11.1 Å². The number of benzene rings is 1. The Bertz CT molecular complexity index is 802. The van der Waals surface area contributed by atoms with Crippen LogP contribution in [0.1, 0.15) is 12.0 Å². The molecule has 1 heterocycles. The summed E-state index contributed by atoms with van der Waals surface area (Å²) in [4.78, 5) is 11.1. The van der Waals surface area contributed by atoms with E-state index in [0.717, 1.165) is 12.5 Å². The first-order valence-corrected chi connectivity index (χ1v) is 8.85. The van der Waals surface area contributed by atoms with Crippen molar-refractivity contribution in [3.63, 3.8) is 0 Å². The second-order valence-corrected chi connectivity index (χ2v) is 7.12. The Hall–Kier alpha value is -1.88. The number of rotatable bonds is 8. The second kappa shape index (κ2) is 7.80. The number of carbonyl (C=O) groups excluding carboxylic acids is 1. The Kier molecular flexibility index (Phi) is 6.00. The molecule has 2 aromatic rings. The minimum Gasteiger partial charge on any atom is -0.469 e. The topological polar surface area (TPSA) is 126 Å². The molecule has 130 valence electrons. The van der Waals surface area contributed by atoms with E-state index < -0.39 is 34.8 Å². The van der Waals surface area contributed by atoms with Crippen molar-refractivity contribution in [2.45, 2.75) is 18.8 Å². The first kappa shape index (κ1) is 18.5. The number of para-hydroxylation sites is 1. The molecule has 0 radical (unpaired) electrons. The molecular formula is C14H18BNO7S. The van der Waals surface area contributed by atoms with E-state index in [2.05, 4.69) is 9.46 Å². The van der Waals surface area contributed by atoms with Gasteiger partial charge in [0, 0.05) is 5.39 Å². The number of esters is 1. The SMILES string of the molecule is COC(=O)CCS(=O)(=O)NC(Cc1coc2ccccc12)B(O)O. The Balaban J connectivity index is 2.11. The minimum absolute atomic E-state index is 0.0200. The van der Waals surface area contributed by atoms with Crippen LogP contribution in [-0.4, -0.2) is 50.4 Å².